The third kappa shape index (κ3) is 3.85. The minimum absolute atomic E-state index is 0.362. The van der Waals surface area contributed by atoms with Gasteiger partial charge in [-0.25, -0.2) is 0 Å². The highest BCUT2D eigenvalue weighted by molar-refractivity contribution is 5.46. The van der Waals surface area contributed by atoms with Gasteiger partial charge in [-0.2, -0.15) is 0 Å². The fraction of sp³-hybridized carbons (Fsp3) is 0.600. The molecule has 0 unspecified atom stereocenters. The molecule has 1 saturated heterocycles. The second kappa shape index (κ2) is 7.36. The number of nitrogens with one attached hydrogen (secondary N) is 1. The number of benzene rings is 1. The Labute approximate surface area is 115 Å². The molecule has 0 bridgehead atoms. The van der Waals surface area contributed by atoms with Crippen molar-refractivity contribution in [2.24, 2.45) is 0 Å². The van der Waals surface area contributed by atoms with Gasteiger partial charge in [-0.1, -0.05) is 12.1 Å². The minimum Gasteiger partial charge on any atom is -0.493 e. The van der Waals surface area contributed by atoms with Crippen LogP contribution in [0.5, 0.6) is 11.5 Å². The van der Waals surface area contributed by atoms with E-state index in [0.29, 0.717) is 12.7 Å². The van der Waals surface area contributed by atoms with E-state index in [1.165, 1.54) is 6.42 Å². The first kappa shape index (κ1) is 14.2. The Morgan fingerprint density at radius 3 is 3.00 bits per heavy atom. The summed E-state index contributed by atoms with van der Waals surface area (Å²) in [4.78, 5) is 0. The Kier molecular flexibility index (Phi) is 5.48. The molecule has 0 saturated carbocycles. The molecular formula is C15H23NO3. The van der Waals surface area contributed by atoms with Gasteiger partial charge in [-0.05, 0) is 25.8 Å². The summed E-state index contributed by atoms with van der Waals surface area (Å²) < 4.78 is 16.6. The average Bonchev–Trinajstić information content (AvgIpc) is 2.94. The lowest BCUT2D eigenvalue weighted by molar-refractivity contribution is 0.110. The molecule has 4 heteroatoms. The van der Waals surface area contributed by atoms with Gasteiger partial charge in [0.05, 0.1) is 19.8 Å². The predicted octanol–water partition coefficient (Wildman–Crippen LogP) is 2.36. The van der Waals surface area contributed by atoms with Crippen molar-refractivity contribution in [2.75, 3.05) is 26.9 Å². The lowest BCUT2D eigenvalue weighted by atomic mass is 10.1. The Morgan fingerprint density at radius 1 is 1.42 bits per heavy atom. The summed E-state index contributed by atoms with van der Waals surface area (Å²) in [5, 5.41) is 3.43. The highest BCUT2D eigenvalue weighted by Crippen LogP contribution is 2.31. The van der Waals surface area contributed by atoms with Crippen molar-refractivity contribution in [3.05, 3.63) is 23.8 Å². The average molecular weight is 265 g/mol. The van der Waals surface area contributed by atoms with Crippen LogP contribution in [0.2, 0.25) is 0 Å². The van der Waals surface area contributed by atoms with Crippen molar-refractivity contribution in [3.8, 4) is 11.5 Å². The molecular weight excluding hydrogens is 242 g/mol. The van der Waals surface area contributed by atoms with Crippen molar-refractivity contribution >= 4 is 0 Å². The second-order valence-electron chi connectivity index (χ2n) is 4.65. The molecule has 1 aliphatic rings. The molecule has 19 heavy (non-hydrogen) atoms. The Bertz CT molecular complexity index is 389. The summed E-state index contributed by atoms with van der Waals surface area (Å²) in [6.07, 6.45) is 2.69. The summed E-state index contributed by atoms with van der Waals surface area (Å²) in [6.45, 7) is 5.18. The molecule has 1 heterocycles. The van der Waals surface area contributed by atoms with E-state index in [-0.39, 0.29) is 0 Å². The zero-order valence-corrected chi connectivity index (χ0v) is 11.8. The van der Waals surface area contributed by atoms with Crippen molar-refractivity contribution in [1.29, 1.82) is 0 Å². The first-order valence-corrected chi connectivity index (χ1v) is 6.96. The maximum absolute atomic E-state index is 5.69. The van der Waals surface area contributed by atoms with Gasteiger partial charge in [0.15, 0.2) is 11.5 Å². The van der Waals surface area contributed by atoms with Gasteiger partial charge in [-0.3, -0.25) is 0 Å². The van der Waals surface area contributed by atoms with Crippen LogP contribution in [0.1, 0.15) is 25.3 Å². The minimum atomic E-state index is 0.362. The molecule has 2 rings (SSSR count). The monoisotopic (exact) mass is 265 g/mol. The van der Waals surface area contributed by atoms with Crippen LogP contribution in [0.3, 0.4) is 0 Å². The first-order valence-electron chi connectivity index (χ1n) is 6.96. The highest BCUT2D eigenvalue weighted by atomic mass is 16.5. The van der Waals surface area contributed by atoms with Crippen LogP contribution in [-0.2, 0) is 11.3 Å². The standard InChI is InChI=1S/C15H23NO3/c1-3-18-15-12(6-4-8-14(15)17-2)10-16-11-13-7-5-9-19-13/h4,6,8,13,16H,3,5,7,9-11H2,1-2H3/t13-/m0/s1. The third-order valence-corrected chi connectivity index (χ3v) is 3.28. The number of methoxy groups -OCH3 is 1. The molecule has 0 radical (unpaired) electrons. The van der Waals surface area contributed by atoms with E-state index in [0.717, 1.165) is 43.2 Å². The zero-order chi connectivity index (χ0) is 13.5. The first-order chi connectivity index (χ1) is 9.35. The van der Waals surface area contributed by atoms with Gasteiger partial charge >= 0.3 is 0 Å². The summed E-state index contributed by atoms with van der Waals surface area (Å²) in [6, 6.07) is 5.98. The third-order valence-electron chi connectivity index (χ3n) is 3.28. The fourth-order valence-electron chi connectivity index (χ4n) is 2.34. The maximum Gasteiger partial charge on any atom is 0.165 e. The number of hydrogen-bond donors (Lipinski definition) is 1. The summed E-state index contributed by atoms with van der Waals surface area (Å²) in [7, 11) is 1.67. The van der Waals surface area contributed by atoms with Crippen LogP contribution in [-0.4, -0.2) is 33.0 Å². The van der Waals surface area contributed by atoms with Crippen molar-refractivity contribution < 1.29 is 14.2 Å². The number of hydrogen-bond acceptors (Lipinski definition) is 4. The molecule has 106 valence electrons. The molecule has 0 aliphatic carbocycles. The molecule has 1 atom stereocenters. The molecule has 1 aromatic rings. The molecule has 4 nitrogen and oxygen atoms in total. The van der Waals surface area contributed by atoms with E-state index in [4.69, 9.17) is 14.2 Å². The lowest BCUT2D eigenvalue weighted by Crippen LogP contribution is -2.26. The normalized spacial score (nSPS) is 18.5. The second-order valence-corrected chi connectivity index (χ2v) is 4.65. The van der Waals surface area contributed by atoms with E-state index in [9.17, 15) is 0 Å². The van der Waals surface area contributed by atoms with Crippen LogP contribution < -0.4 is 14.8 Å². The van der Waals surface area contributed by atoms with Crippen LogP contribution in [0.4, 0.5) is 0 Å². The van der Waals surface area contributed by atoms with Gasteiger partial charge in [-0.15, -0.1) is 0 Å². The van der Waals surface area contributed by atoms with Gasteiger partial charge < -0.3 is 19.5 Å². The van der Waals surface area contributed by atoms with E-state index >= 15 is 0 Å². The van der Waals surface area contributed by atoms with E-state index in [1.54, 1.807) is 7.11 Å². The van der Waals surface area contributed by atoms with Gasteiger partial charge in [0.25, 0.3) is 0 Å². The van der Waals surface area contributed by atoms with E-state index in [1.807, 2.05) is 19.1 Å². The Hall–Kier alpha value is -1.26. The SMILES string of the molecule is CCOc1c(CNC[C@@H]2CCCO2)cccc1OC. The van der Waals surface area contributed by atoms with E-state index < -0.39 is 0 Å². The van der Waals surface area contributed by atoms with Crippen molar-refractivity contribution in [1.82, 2.24) is 5.32 Å². The Balaban J connectivity index is 1.94. The molecule has 1 N–H and O–H groups in total. The summed E-state index contributed by atoms with van der Waals surface area (Å²) in [5.74, 6) is 1.63. The molecule has 1 aliphatic heterocycles. The largest absolute Gasteiger partial charge is 0.493 e. The topological polar surface area (TPSA) is 39.7 Å². The van der Waals surface area contributed by atoms with Crippen LogP contribution in [0.15, 0.2) is 18.2 Å². The molecule has 0 spiro atoms. The Morgan fingerprint density at radius 2 is 2.32 bits per heavy atom. The molecule has 1 fully saturated rings. The van der Waals surface area contributed by atoms with Crippen LogP contribution >= 0.6 is 0 Å². The lowest BCUT2D eigenvalue weighted by Gasteiger charge is -2.15. The molecule has 1 aromatic carbocycles. The molecule has 0 aromatic heterocycles. The van der Waals surface area contributed by atoms with Gasteiger partial charge in [0.1, 0.15) is 0 Å². The van der Waals surface area contributed by atoms with Crippen LogP contribution in [0, 0.1) is 0 Å². The van der Waals surface area contributed by atoms with Crippen molar-refractivity contribution in [3.63, 3.8) is 0 Å². The van der Waals surface area contributed by atoms with E-state index in [2.05, 4.69) is 11.4 Å². The number of ether oxygens (including phenoxy) is 3. The summed E-state index contributed by atoms with van der Waals surface area (Å²) in [5.41, 5.74) is 1.12. The predicted molar refractivity (Wildman–Crippen MR) is 74.8 cm³/mol. The zero-order valence-electron chi connectivity index (χ0n) is 11.8. The smallest absolute Gasteiger partial charge is 0.165 e. The van der Waals surface area contributed by atoms with Gasteiger partial charge in [0.2, 0.25) is 0 Å². The number of rotatable bonds is 7. The van der Waals surface area contributed by atoms with Crippen molar-refractivity contribution in [2.45, 2.75) is 32.4 Å². The van der Waals surface area contributed by atoms with Crippen LogP contribution in [0.25, 0.3) is 0 Å². The highest BCUT2D eigenvalue weighted by Gasteiger charge is 2.15. The number of para-hydroxylation sites is 1. The van der Waals surface area contributed by atoms with Gasteiger partial charge in [0, 0.05) is 25.3 Å². The summed E-state index contributed by atoms with van der Waals surface area (Å²) >= 11 is 0. The maximum atomic E-state index is 5.69. The fourth-order valence-corrected chi connectivity index (χ4v) is 2.34. The molecule has 0 amide bonds. The quantitative estimate of drug-likeness (QED) is 0.821.